The highest BCUT2D eigenvalue weighted by molar-refractivity contribution is 8.16. The highest BCUT2D eigenvalue weighted by Crippen LogP contribution is 2.47. The number of carbonyl (C=O) groups is 2. The summed E-state index contributed by atoms with van der Waals surface area (Å²) in [5, 5.41) is 5.69. The molecule has 7 nitrogen and oxygen atoms in total. The topological polar surface area (TPSA) is 74.2 Å². The molecule has 36 heavy (non-hydrogen) atoms. The SMILES string of the molecule is CCOC(=O)C1=C(c2ccccc2)N=C2SC=C(CC(=O)NCCN(C)C)N2C1c1cccc(C)c1. The van der Waals surface area contributed by atoms with Gasteiger partial charge in [-0.05, 0) is 38.9 Å². The Bertz CT molecular complexity index is 1220. The maximum absolute atomic E-state index is 13.5. The van der Waals surface area contributed by atoms with E-state index < -0.39 is 12.0 Å². The fourth-order valence-electron chi connectivity index (χ4n) is 4.29. The molecule has 0 aliphatic carbocycles. The number of likely N-dealkylation sites (N-methyl/N-ethyl adjacent to an activating group) is 1. The zero-order valence-electron chi connectivity index (χ0n) is 21.2. The van der Waals surface area contributed by atoms with Crippen LogP contribution in [0.25, 0.3) is 5.70 Å². The Labute approximate surface area is 216 Å². The average molecular weight is 505 g/mol. The van der Waals surface area contributed by atoms with Crippen molar-refractivity contribution in [3.05, 3.63) is 88.0 Å². The van der Waals surface area contributed by atoms with Crippen LogP contribution in [0.1, 0.15) is 36.1 Å². The first-order chi connectivity index (χ1) is 17.4. The van der Waals surface area contributed by atoms with Gasteiger partial charge in [-0.3, -0.25) is 4.79 Å². The Kier molecular flexibility index (Phi) is 8.28. The molecule has 2 aliphatic heterocycles. The summed E-state index contributed by atoms with van der Waals surface area (Å²) in [6.45, 7) is 5.42. The number of aliphatic imine (C=N–C) groups is 1. The Morgan fingerprint density at radius 1 is 1.14 bits per heavy atom. The average Bonchev–Trinajstić information content (AvgIpc) is 3.25. The molecule has 4 rings (SSSR count). The molecule has 1 amide bonds. The number of nitrogens with zero attached hydrogens (tertiary/aromatic N) is 3. The minimum atomic E-state index is -0.470. The minimum Gasteiger partial charge on any atom is -0.463 e. The molecule has 0 spiro atoms. The number of aryl methyl sites for hydroxylation is 1. The first-order valence-corrected chi connectivity index (χ1v) is 12.9. The van der Waals surface area contributed by atoms with Crippen molar-refractivity contribution in [1.29, 1.82) is 0 Å². The summed E-state index contributed by atoms with van der Waals surface area (Å²) in [6.07, 6.45) is 0.193. The first kappa shape index (κ1) is 25.7. The highest BCUT2D eigenvalue weighted by Gasteiger charge is 2.42. The summed E-state index contributed by atoms with van der Waals surface area (Å²) in [7, 11) is 3.94. The zero-order valence-corrected chi connectivity index (χ0v) is 22.0. The van der Waals surface area contributed by atoms with Crippen LogP contribution in [0.5, 0.6) is 0 Å². The van der Waals surface area contributed by atoms with Crippen LogP contribution in [-0.2, 0) is 14.3 Å². The third-order valence-corrected chi connectivity index (χ3v) is 6.82. The van der Waals surface area contributed by atoms with Crippen molar-refractivity contribution < 1.29 is 14.3 Å². The van der Waals surface area contributed by atoms with E-state index in [0.29, 0.717) is 17.8 Å². The van der Waals surface area contributed by atoms with Crippen LogP contribution in [0, 0.1) is 6.92 Å². The Hall–Kier alpha value is -3.36. The predicted molar refractivity (Wildman–Crippen MR) is 145 cm³/mol. The van der Waals surface area contributed by atoms with Crippen LogP contribution in [0.3, 0.4) is 0 Å². The van der Waals surface area contributed by atoms with Crippen LogP contribution in [0.4, 0.5) is 0 Å². The number of thioether (sulfide) groups is 1. The van der Waals surface area contributed by atoms with Gasteiger partial charge in [-0.1, -0.05) is 71.9 Å². The smallest absolute Gasteiger partial charge is 0.338 e. The molecule has 188 valence electrons. The quantitative estimate of drug-likeness (QED) is 0.512. The molecule has 2 aromatic rings. The van der Waals surface area contributed by atoms with Gasteiger partial charge in [-0.25, -0.2) is 9.79 Å². The van der Waals surface area contributed by atoms with Gasteiger partial charge in [0.05, 0.1) is 30.3 Å². The van der Waals surface area contributed by atoms with Gasteiger partial charge in [0.1, 0.15) is 0 Å². The van der Waals surface area contributed by atoms with Crippen LogP contribution >= 0.6 is 11.8 Å². The van der Waals surface area contributed by atoms with E-state index in [-0.39, 0.29) is 18.9 Å². The summed E-state index contributed by atoms with van der Waals surface area (Å²) >= 11 is 1.47. The number of nitrogens with one attached hydrogen (secondary N) is 1. The van der Waals surface area contributed by atoms with Crippen molar-refractivity contribution in [2.75, 3.05) is 33.8 Å². The second-order valence-electron chi connectivity index (χ2n) is 8.99. The van der Waals surface area contributed by atoms with Gasteiger partial charge < -0.3 is 19.9 Å². The number of ether oxygens (including phenoxy) is 1. The van der Waals surface area contributed by atoms with Gasteiger partial charge in [-0.2, -0.15) is 0 Å². The van der Waals surface area contributed by atoms with E-state index in [0.717, 1.165) is 34.1 Å². The maximum Gasteiger partial charge on any atom is 0.338 e. The number of esters is 1. The van der Waals surface area contributed by atoms with Gasteiger partial charge in [0.25, 0.3) is 0 Å². The lowest BCUT2D eigenvalue weighted by Gasteiger charge is -2.37. The number of amidine groups is 1. The van der Waals surface area contributed by atoms with E-state index in [1.54, 1.807) is 6.92 Å². The van der Waals surface area contributed by atoms with E-state index in [1.807, 2.05) is 84.8 Å². The number of rotatable bonds is 9. The molecule has 0 saturated carbocycles. The monoisotopic (exact) mass is 504 g/mol. The molecular formula is C28H32N4O3S. The minimum absolute atomic E-state index is 0.0662. The van der Waals surface area contributed by atoms with Crippen LogP contribution < -0.4 is 5.32 Å². The van der Waals surface area contributed by atoms with E-state index >= 15 is 0 Å². The molecule has 0 bridgehead atoms. The number of fused-ring (bicyclic) bond motifs is 1. The van der Waals surface area contributed by atoms with Gasteiger partial charge in [-0.15, -0.1) is 0 Å². The van der Waals surface area contributed by atoms with E-state index in [1.165, 1.54) is 11.8 Å². The van der Waals surface area contributed by atoms with Crippen molar-refractivity contribution >= 4 is 34.5 Å². The van der Waals surface area contributed by atoms with E-state index in [9.17, 15) is 9.59 Å². The van der Waals surface area contributed by atoms with Crippen molar-refractivity contribution in [3.63, 3.8) is 0 Å². The normalized spacial score (nSPS) is 17.0. The number of carbonyl (C=O) groups excluding carboxylic acids is 2. The van der Waals surface area contributed by atoms with Gasteiger partial charge in [0, 0.05) is 24.4 Å². The van der Waals surface area contributed by atoms with Crippen LogP contribution in [0.2, 0.25) is 0 Å². The van der Waals surface area contributed by atoms with Crippen molar-refractivity contribution in [1.82, 2.24) is 15.1 Å². The Morgan fingerprint density at radius 3 is 2.61 bits per heavy atom. The summed E-state index contributed by atoms with van der Waals surface area (Å²) in [4.78, 5) is 35.3. The summed E-state index contributed by atoms with van der Waals surface area (Å²) in [5.41, 5.74) is 4.76. The molecule has 2 heterocycles. The third-order valence-electron chi connectivity index (χ3n) is 5.93. The fraction of sp³-hybridized carbons (Fsp3) is 0.321. The molecule has 1 N–H and O–H groups in total. The van der Waals surface area contributed by atoms with E-state index in [4.69, 9.17) is 9.73 Å². The lowest BCUT2D eigenvalue weighted by molar-refractivity contribution is -0.139. The standard InChI is InChI=1S/C28H32N4O3S/c1-5-35-27(34)24-25(20-11-7-6-8-12-20)30-28-32(26(24)21-13-9-10-19(2)16-21)22(18-36-28)17-23(33)29-14-15-31(3)4/h6-13,16,18,26H,5,14-15,17H2,1-4H3,(H,29,33). The Balaban J connectivity index is 1.78. The Morgan fingerprint density at radius 2 is 1.92 bits per heavy atom. The van der Waals surface area contributed by atoms with Crippen molar-refractivity contribution in [2.24, 2.45) is 4.99 Å². The maximum atomic E-state index is 13.5. The van der Waals surface area contributed by atoms with Gasteiger partial charge >= 0.3 is 5.97 Å². The van der Waals surface area contributed by atoms with Crippen LogP contribution in [0.15, 0.2) is 76.3 Å². The van der Waals surface area contributed by atoms with E-state index in [2.05, 4.69) is 11.4 Å². The largest absolute Gasteiger partial charge is 0.463 e. The molecule has 0 fully saturated rings. The molecule has 0 saturated heterocycles. The van der Waals surface area contributed by atoms with Gasteiger partial charge in [0.15, 0.2) is 5.17 Å². The van der Waals surface area contributed by atoms with Crippen LogP contribution in [-0.4, -0.2) is 60.6 Å². The summed E-state index contributed by atoms with van der Waals surface area (Å²) in [5.74, 6) is -0.471. The molecular weight excluding hydrogens is 472 g/mol. The number of hydrogen-bond donors (Lipinski definition) is 1. The molecule has 8 heteroatoms. The summed E-state index contributed by atoms with van der Waals surface area (Å²) in [6, 6.07) is 17.3. The molecule has 0 aromatic heterocycles. The zero-order chi connectivity index (χ0) is 25.7. The second-order valence-corrected chi connectivity index (χ2v) is 9.82. The molecule has 2 aromatic carbocycles. The molecule has 1 atom stereocenters. The molecule has 0 radical (unpaired) electrons. The van der Waals surface area contributed by atoms with Gasteiger partial charge in [0.2, 0.25) is 5.91 Å². The van der Waals surface area contributed by atoms with Crippen molar-refractivity contribution in [3.8, 4) is 0 Å². The lowest BCUT2D eigenvalue weighted by atomic mass is 9.90. The number of amides is 1. The summed E-state index contributed by atoms with van der Waals surface area (Å²) < 4.78 is 5.55. The highest BCUT2D eigenvalue weighted by atomic mass is 32.2. The third kappa shape index (κ3) is 5.71. The number of hydrogen-bond acceptors (Lipinski definition) is 7. The lowest BCUT2D eigenvalue weighted by Crippen LogP contribution is -2.38. The fourth-order valence-corrected chi connectivity index (χ4v) is 5.21. The van der Waals surface area contributed by atoms with Crippen molar-refractivity contribution in [2.45, 2.75) is 26.3 Å². The molecule has 1 unspecified atom stereocenters. The predicted octanol–water partition coefficient (Wildman–Crippen LogP) is 4.34. The number of benzene rings is 2. The molecule has 2 aliphatic rings. The first-order valence-electron chi connectivity index (χ1n) is 12.1. The second kappa shape index (κ2) is 11.6.